The number of hydrogen-bond acceptors (Lipinski definition) is 6. The lowest BCUT2D eigenvalue weighted by Crippen LogP contribution is -2.63. The predicted octanol–water partition coefficient (Wildman–Crippen LogP) is 9.01. The highest BCUT2D eigenvalue weighted by Crippen LogP contribution is 2.37. The van der Waals surface area contributed by atoms with E-state index in [1.54, 1.807) is 11.8 Å². The minimum Gasteiger partial charge on any atom is -0.408 e. The summed E-state index contributed by atoms with van der Waals surface area (Å²) in [6.45, 7) is 8.67. The van der Waals surface area contributed by atoms with Crippen molar-refractivity contribution in [3.63, 3.8) is 0 Å². The monoisotopic (exact) mass is 644 g/mol. The molecule has 0 aliphatic carbocycles. The van der Waals surface area contributed by atoms with Crippen molar-refractivity contribution in [2.45, 2.75) is 88.6 Å². The van der Waals surface area contributed by atoms with Crippen LogP contribution in [0.4, 0.5) is 0 Å². The number of rotatable bonds is 16. The largest absolute Gasteiger partial charge is 0.408 e. The summed E-state index contributed by atoms with van der Waals surface area (Å²) in [5.41, 5.74) is 3.15. The third-order valence-electron chi connectivity index (χ3n) is 9.08. The maximum atomic E-state index is 7.30. The second-order valence-electron chi connectivity index (χ2n) is 11.8. The third kappa shape index (κ3) is 8.86. The van der Waals surface area contributed by atoms with Crippen molar-refractivity contribution in [3.8, 4) is 0 Å². The van der Waals surface area contributed by atoms with E-state index in [2.05, 4.69) is 106 Å². The average molecular weight is 645 g/mol. The highest BCUT2D eigenvalue weighted by molar-refractivity contribution is 7.99. The maximum Gasteiger partial charge on any atom is 0.192 e. The number of hydrogen-bond donors (Lipinski definition) is 0. The standard InChI is InChI=1S/C38H48O5SSi/c1-5-45(6-2,7-3)43-35-34(28-39-25-29-16-10-8-11-17-29)42-38(44-4)37(36(35)40-26-30-18-12-9-13-19-30)41-27-31-22-23-32-20-14-15-21-33(32)24-31/h8-24,34-38H,5-7,25-28H2,1-4H3/t34-,35-,36+,37+,38-/m1/s1. The first-order valence-corrected chi connectivity index (χ1v) is 20.1. The molecule has 1 aliphatic heterocycles. The highest BCUT2D eigenvalue weighted by atomic mass is 32.2. The van der Waals surface area contributed by atoms with E-state index >= 15 is 0 Å². The van der Waals surface area contributed by atoms with Gasteiger partial charge in [0.25, 0.3) is 0 Å². The molecule has 0 aromatic heterocycles. The number of fused-ring (bicyclic) bond motifs is 1. The van der Waals surface area contributed by atoms with Crippen molar-refractivity contribution < 1.29 is 23.4 Å². The van der Waals surface area contributed by atoms with Crippen LogP contribution in [0, 0.1) is 0 Å². The Balaban J connectivity index is 1.44. The normalized spacial score (nSPS) is 22.1. The Bertz CT molecular complexity index is 1430. The van der Waals surface area contributed by atoms with Crippen molar-refractivity contribution in [1.29, 1.82) is 0 Å². The van der Waals surface area contributed by atoms with Crippen molar-refractivity contribution in [2.75, 3.05) is 12.9 Å². The molecule has 1 fully saturated rings. The first-order valence-electron chi connectivity index (χ1n) is 16.3. The Kier molecular flexibility index (Phi) is 12.7. The topological polar surface area (TPSA) is 46.2 Å². The number of benzene rings is 4. The minimum absolute atomic E-state index is 0.239. The zero-order valence-corrected chi connectivity index (χ0v) is 28.9. The van der Waals surface area contributed by atoms with Crippen LogP contribution in [0.15, 0.2) is 103 Å². The van der Waals surface area contributed by atoms with Crippen LogP contribution in [-0.4, -0.2) is 51.0 Å². The Hall–Kier alpha value is -2.49. The molecule has 0 bridgehead atoms. The Morgan fingerprint density at radius 3 is 1.84 bits per heavy atom. The summed E-state index contributed by atoms with van der Waals surface area (Å²) in [6.07, 6.45) is 0.809. The Morgan fingerprint density at radius 1 is 0.622 bits per heavy atom. The Morgan fingerprint density at radius 2 is 1.20 bits per heavy atom. The molecule has 1 aliphatic rings. The SMILES string of the molecule is CC[Si](CC)(CC)O[C@H]1[C@H](OCc2ccccc2)[C@H](OCc2ccc3ccccc3c2)[C@@H](SC)O[C@@H]1COCc1ccccc1. The summed E-state index contributed by atoms with van der Waals surface area (Å²) < 4.78 is 34.2. The molecule has 5 nitrogen and oxygen atoms in total. The van der Waals surface area contributed by atoms with Crippen LogP contribution < -0.4 is 0 Å². The summed E-state index contributed by atoms with van der Waals surface area (Å²) in [4.78, 5) is 0. The summed E-state index contributed by atoms with van der Waals surface area (Å²) in [5, 5.41) is 2.43. The number of ether oxygens (including phenoxy) is 4. The fourth-order valence-corrected chi connectivity index (χ4v) is 9.77. The molecular formula is C38H48O5SSi. The van der Waals surface area contributed by atoms with Crippen LogP contribution in [0.25, 0.3) is 10.8 Å². The smallest absolute Gasteiger partial charge is 0.192 e. The molecule has 0 radical (unpaired) electrons. The van der Waals surface area contributed by atoms with E-state index in [1.807, 2.05) is 24.3 Å². The van der Waals surface area contributed by atoms with Crippen LogP contribution >= 0.6 is 11.8 Å². The fraction of sp³-hybridized carbons (Fsp3) is 0.421. The van der Waals surface area contributed by atoms with Crippen molar-refractivity contribution in [3.05, 3.63) is 120 Å². The van der Waals surface area contributed by atoms with Crippen LogP contribution in [0.5, 0.6) is 0 Å². The van der Waals surface area contributed by atoms with Crippen LogP contribution in [0.2, 0.25) is 18.1 Å². The molecule has 0 N–H and O–H groups in total. The second kappa shape index (κ2) is 16.9. The molecule has 45 heavy (non-hydrogen) atoms. The van der Waals surface area contributed by atoms with Gasteiger partial charge in [0.05, 0.1) is 26.4 Å². The van der Waals surface area contributed by atoms with Gasteiger partial charge in [-0.1, -0.05) is 118 Å². The molecule has 1 heterocycles. The van der Waals surface area contributed by atoms with Gasteiger partial charge in [-0.3, -0.25) is 0 Å². The van der Waals surface area contributed by atoms with Gasteiger partial charge in [-0.05, 0) is 57.9 Å². The van der Waals surface area contributed by atoms with Gasteiger partial charge in [0.2, 0.25) is 0 Å². The van der Waals surface area contributed by atoms with E-state index in [-0.39, 0.29) is 29.9 Å². The van der Waals surface area contributed by atoms with Crippen molar-refractivity contribution in [1.82, 2.24) is 0 Å². The lowest BCUT2D eigenvalue weighted by atomic mass is 9.99. The van der Waals surface area contributed by atoms with Gasteiger partial charge in [0.15, 0.2) is 8.32 Å². The van der Waals surface area contributed by atoms with E-state index < -0.39 is 8.32 Å². The minimum atomic E-state index is -2.06. The molecule has 0 amide bonds. The van der Waals surface area contributed by atoms with Crippen LogP contribution in [0.3, 0.4) is 0 Å². The maximum absolute atomic E-state index is 7.30. The van der Waals surface area contributed by atoms with Gasteiger partial charge < -0.3 is 23.4 Å². The highest BCUT2D eigenvalue weighted by Gasteiger charge is 2.50. The van der Waals surface area contributed by atoms with Crippen LogP contribution in [0.1, 0.15) is 37.5 Å². The quantitative estimate of drug-likeness (QED) is 0.114. The average Bonchev–Trinajstić information content (AvgIpc) is 3.10. The van der Waals surface area contributed by atoms with Gasteiger partial charge in [0, 0.05) is 0 Å². The lowest BCUT2D eigenvalue weighted by Gasteiger charge is -2.48. The van der Waals surface area contributed by atoms with Gasteiger partial charge in [-0.25, -0.2) is 0 Å². The van der Waals surface area contributed by atoms with Crippen LogP contribution in [-0.2, 0) is 43.2 Å². The van der Waals surface area contributed by atoms with E-state index in [0.29, 0.717) is 26.4 Å². The summed E-state index contributed by atoms with van der Waals surface area (Å²) in [7, 11) is -2.06. The first-order chi connectivity index (χ1) is 22.1. The van der Waals surface area contributed by atoms with E-state index in [0.717, 1.165) is 34.8 Å². The van der Waals surface area contributed by atoms with Crippen molar-refractivity contribution >= 4 is 30.9 Å². The van der Waals surface area contributed by atoms with Gasteiger partial charge in [-0.15, -0.1) is 11.8 Å². The van der Waals surface area contributed by atoms with Gasteiger partial charge in [0.1, 0.15) is 29.9 Å². The summed E-state index contributed by atoms with van der Waals surface area (Å²) in [6, 6.07) is 38.7. The lowest BCUT2D eigenvalue weighted by molar-refractivity contribution is -0.236. The molecule has 0 unspecified atom stereocenters. The van der Waals surface area contributed by atoms with E-state index in [9.17, 15) is 0 Å². The van der Waals surface area contributed by atoms with Gasteiger partial charge in [-0.2, -0.15) is 0 Å². The summed E-state index contributed by atoms with van der Waals surface area (Å²) in [5.74, 6) is 0. The third-order valence-corrected chi connectivity index (χ3v) is 14.6. The fourth-order valence-electron chi connectivity index (χ4n) is 6.15. The molecule has 4 aromatic rings. The molecule has 5 rings (SSSR count). The molecule has 7 heteroatoms. The predicted molar refractivity (Wildman–Crippen MR) is 188 cm³/mol. The molecular weight excluding hydrogens is 597 g/mol. The zero-order chi connectivity index (χ0) is 31.5. The Labute approximate surface area is 274 Å². The molecule has 0 saturated carbocycles. The molecule has 1 saturated heterocycles. The molecule has 5 atom stereocenters. The van der Waals surface area contributed by atoms with E-state index in [4.69, 9.17) is 23.4 Å². The first kappa shape index (κ1) is 33.9. The van der Waals surface area contributed by atoms with Gasteiger partial charge >= 0.3 is 0 Å². The van der Waals surface area contributed by atoms with E-state index in [1.165, 1.54) is 10.8 Å². The molecule has 240 valence electrons. The number of thioether (sulfide) groups is 1. The van der Waals surface area contributed by atoms with Crippen molar-refractivity contribution in [2.24, 2.45) is 0 Å². The zero-order valence-electron chi connectivity index (χ0n) is 27.1. The molecule has 0 spiro atoms. The molecule has 4 aromatic carbocycles. The summed E-state index contributed by atoms with van der Waals surface area (Å²) >= 11 is 1.66. The second-order valence-corrected chi connectivity index (χ2v) is 17.5.